The fourth-order valence-corrected chi connectivity index (χ4v) is 7.03. The van der Waals surface area contributed by atoms with Gasteiger partial charge in [0.05, 0.1) is 0 Å². The average Bonchev–Trinajstić information content (AvgIpc) is 2.82. The van der Waals surface area contributed by atoms with Crippen molar-refractivity contribution in [2.75, 3.05) is 6.54 Å². The monoisotopic (exact) mass is 317 g/mol. The van der Waals surface area contributed by atoms with Crippen LogP contribution in [0.2, 0.25) is 0 Å². The van der Waals surface area contributed by atoms with Gasteiger partial charge in [0.15, 0.2) is 0 Å². The summed E-state index contributed by atoms with van der Waals surface area (Å²) in [5.41, 5.74) is 0.289. The molecule has 6 atom stereocenters. The maximum atomic E-state index is 12.5. The van der Waals surface area contributed by atoms with E-state index in [0.717, 1.165) is 56.4 Å². The first-order valence-electron chi connectivity index (χ1n) is 9.75. The molecule has 0 aromatic carbocycles. The van der Waals surface area contributed by atoms with E-state index in [1.54, 1.807) is 0 Å². The number of ketones is 1. The molecular formula is C20H31NO2. The van der Waals surface area contributed by atoms with E-state index < -0.39 is 0 Å². The molecule has 128 valence electrons. The highest BCUT2D eigenvalue weighted by atomic mass is 16.1. The minimum atomic E-state index is -0.0244. The maximum Gasteiger partial charge on any atom is 0.220 e. The quantitative estimate of drug-likeness (QED) is 0.740. The van der Waals surface area contributed by atoms with Crippen LogP contribution in [0.4, 0.5) is 0 Å². The molecule has 0 spiro atoms. The molecule has 1 N–H and O–H groups in total. The van der Waals surface area contributed by atoms with Crippen LogP contribution < -0.4 is 5.32 Å². The Bertz CT molecular complexity index is 530. The summed E-state index contributed by atoms with van der Waals surface area (Å²) in [6.07, 6.45) is 9.72. The second-order valence-corrected chi connectivity index (χ2v) is 9.21. The summed E-state index contributed by atoms with van der Waals surface area (Å²) >= 11 is 0. The van der Waals surface area contributed by atoms with Gasteiger partial charge in [0.1, 0.15) is 5.78 Å². The van der Waals surface area contributed by atoms with Crippen molar-refractivity contribution in [2.24, 2.45) is 34.5 Å². The molecule has 0 radical (unpaired) electrons. The highest BCUT2D eigenvalue weighted by molar-refractivity contribution is 5.87. The van der Waals surface area contributed by atoms with Crippen LogP contribution in [0, 0.1) is 34.5 Å². The van der Waals surface area contributed by atoms with Crippen molar-refractivity contribution in [3.63, 3.8) is 0 Å². The zero-order valence-corrected chi connectivity index (χ0v) is 14.7. The van der Waals surface area contributed by atoms with E-state index in [2.05, 4.69) is 19.2 Å². The number of fused-ring (bicyclic) bond motifs is 5. The van der Waals surface area contributed by atoms with E-state index in [-0.39, 0.29) is 11.3 Å². The molecule has 0 aromatic rings. The Labute approximate surface area is 140 Å². The van der Waals surface area contributed by atoms with Crippen LogP contribution >= 0.6 is 0 Å². The second kappa shape index (κ2) is 5.32. The molecule has 0 aromatic heterocycles. The normalized spacial score (nSPS) is 50.2. The lowest BCUT2D eigenvalue weighted by molar-refractivity contribution is -0.138. The van der Waals surface area contributed by atoms with Gasteiger partial charge < -0.3 is 5.32 Å². The third-order valence-electron chi connectivity index (χ3n) is 8.48. The molecule has 1 aliphatic heterocycles. The van der Waals surface area contributed by atoms with Crippen LogP contribution in [-0.4, -0.2) is 18.2 Å². The summed E-state index contributed by atoms with van der Waals surface area (Å²) in [7, 11) is 0. The minimum absolute atomic E-state index is 0.0244. The first-order valence-corrected chi connectivity index (χ1v) is 9.75. The van der Waals surface area contributed by atoms with Gasteiger partial charge in [0, 0.05) is 24.8 Å². The molecule has 3 nitrogen and oxygen atoms in total. The third-order valence-corrected chi connectivity index (χ3v) is 8.48. The van der Waals surface area contributed by atoms with Crippen molar-refractivity contribution in [3.8, 4) is 0 Å². The summed E-state index contributed by atoms with van der Waals surface area (Å²) in [4.78, 5) is 24.4. The molecule has 1 heterocycles. The van der Waals surface area contributed by atoms with E-state index in [0.29, 0.717) is 23.5 Å². The highest BCUT2D eigenvalue weighted by Crippen LogP contribution is 2.64. The van der Waals surface area contributed by atoms with E-state index in [1.807, 2.05) is 0 Å². The van der Waals surface area contributed by atoms with E-state index in [1.165, 1.54) is 19.3 Å². The summed E-state index contributed by atoms with van der Waals surface area (Å²) in [6.45, 7) is 5.59. The first-order chi connectivity index (χ1) is 10.9. The standard InChI is InChI=1S/C20H31NO2/c1-19-11-8-18(23)21-12-9-13(19)3-4-14-15-5-6-17(22)20(15,2)10-7-16(14)19/h13-16H,3-12H2,1-2H3,(H,21,23)/t13-,14?,15-,16?,19-,20-/m0/s1. The van der Waals surface area contributed by atoms with Crippen LogP contribution in [0.5, 0.6) is 0 Å². The van der Waals surface area contributed by atoms with Gasteiger partial charge in [-0.15, -0.1) is 0 Å². The molecule has 23 heavy (non-hydrogen) atoms. The van der Waals surface area contributed by atoms with Crippen molar-refractivity contribution in [3.05, 3.63) is 0 Å². The molecule has 2 unspecified atom stereocenters. The number of nitrogens with one attached hydrogen (secondary N) is 1. The number of carbonyl (C=O) groups is 2. The fraction of sp³-hybridized carbons (Fsp3) is 0.900. The van der Waals surface area contributed by atoms with Gasteiger partial charge in [-0.25, -0.2) is 0 Å². The molecule has 4 fully saturated rings. The van der Waals surface area contributed by atoms with Crippen molar-refractivity contribution in [1.82, 2.24) is 5.32 Å². The zero-order valence-electron chi connectivity index (χ0n) is 14.7. The topological polar surface area (TPSA) is 46.2 Å². The molecule has 1 amide bonds. The Morgan fingerprint density at radius 3 is 2.57 bits per heavy atom. The highest BCUT2D eigenvalue weighted by Gasteiger charge is 2.59. The number of amides is 1. The smallest absolute Gasteiger partial charge is 0.220 e. The van der Waals surface area contributed by atoms with Gasteiger partial charge in [-0.05, 0) is 74.0 Å². The SMILES string of the molecule is C[C@]12CCC3C(CC[C@H]4CCNC(=O)CC[C@]34C)[C@@H]1CCC2=O. The van der Waals surface area contributed by atoms with Crippen molar-refractivity contribution < 1.29 is 9.59 Å². The van der Waals surface area contributed by atoms with Crippen LogP contribution in [0.15, 0.2) is 0 Å². The van der Waals surface area contributed by atoms with Crippen LogP contribution in [0.1, 0.15) is 71.6 Å². The maximum absolute atomic E-state index is 12.5. The second-order valence-electron chi connectivity index (χ2n) is 9.21. The van der Waals surface area contributed by atoms with Gasteiger partial charge in [-0.2, -0.15) is 0 Å². The lowest BCUT2D eigenvalue weighted by Crippen LogP contribution is -2.53. The third kappa shape index (κ3) is 2.21. The van der Waals surface area contributed by atoms with E-state index >= 15 is 0 Å². The van der Waals surface area contributed by atoms with Gasteiger partial charge in [-0.1, -0.05) is 13.8 Å². The molecule has 3 heteroatoms. The molecule has 3 aliphatic carbocycles. The van der Waals surface area contributed by atoms with Crippen molar-refractivity contribution in [2.45, 2.75) is 71.6 Å². The number of rotatable bonds is 0. The lowest BCUT2D eigenvalue weighted by Gasteiger charge is -2.58. The van der Waals surface area contributed by atoms with Crippen LogP contribution in [0.25, 0.3) is 0 Å². The summed E-state index contributed by atoms with van der Waals surface area (Å²) in [5.74, 6) is 3.60. The predicted molar refractivity (Wildman–Crippen MR) is 89.7 cm³/mol. The Morgan fingerprint density at radius 2 is 1.74 bits per heavy atom. The Hall–Kier alpha value is -0.860. The van der Waals surface area contributed by atoms with Gasteiger partial charge in [0.25, 0.3) is 0 Å². The van der Waals surface area contributed by atoms with Crippen molar-refractivity contribution >= 4 is 11.7 Å². The van der Waals surface area contributed by atoms with Crippen molar-refractivity contribution in [1.29, 1.82) is 0 Å². The number of carbonyl (C=O) groups excluding carboxylic acids is 2. The number of hydrogen-bond donors (Lipinski definition) is 1. The molecule has 4 aliphatic rings. The summed E-state index contributed by atoms with van der Waals surface area (Å²) in [5, 5.41) is 3.07. The zero-order chi connectivity index (χ0) is 16.2. The van der Waals surface area contributed by atoms with E-state index in [4.69, 9.17) is 0 Å². The summed E-state index contributed by atoms with van der Waals surface area (Å²) < 4.78 is 0. The predicted octanol–water partition coefficient (Wildman–Crippen LogP) is 3.71. The molecule has 1 saturated heterocycles. The first kappa shape index (κ1) is 15.7. The molecule has 4 rings (SSSR count). The largest absolute Gasteiger partial charge is 0.356 e. The number of hydrogen-bond acceptors (Lipinski definition) is 2. The lowest BCUT2D eigenvalue weighted by atomic mass is 9.46. The Balaban J connectivity index is 1.63. The average molecular weight is 317 g/mol. The Morgan fingerprint density at radius 1 is 0.913 bits per heavy atom. The van der Waals surface area contributed by atoms with Gasteiger partial charge in [0.2, 0.25) is 5.91 Å². The van der Waals surface area contributed by atoms with Gasteiger partial charge in [-0.3, -0.25) is 9.59 Å². The minimum Gasteiger partial charge on any atom is -0.356 e. The van der Waals surface area contributed by atoms with Gasteiger partial charge >= 0.3 is 0 Å². The fourth-order valence-electron chi connectivity index (χ4n) is 7.03. The summed E-state index contributed by atoms with van der Waals surface area (Å²) in [6, 6.07) is 0. The molecule has 0 bridgehead atoms. The molecular weight excluding hydrogens is 286 g/mol. The van der Waals surface area contributed by atoms with E-state index in [9.17, 15) is 9.59 Å². The van der Waals surface area contributed by atoms with Crippen LogP contribution in [0.3, 0.4) is 0 Å². The molecule has 3 saturated carbocycles. The van der Waals surface area contributed by atoms with Crippen LogP contribution in [-0.2, 0) is 9.59 Å². The Kier molecular flexibility index (Phi) is 3.62. The number of Topliss-reactive ketones (excluding diaryl/α,β-unsaturated/α-hetero) is 1.